The van der Waals surface area contributed by atoms with Gasteiger partial charge in [0.25, 0.3) is 0 Å². The van der Waals surface area contributed by atoms with Crippen LogP contribution in [-0.2, 0) is 13.0 Å². The van der Waals surface area contributed by atoms with Crippen LogP contribution in [-0.4, -0.2) is 21.6 Å². The third kappa shape index (κ3) is 3.63. The Kier molecular flexibility index (Phi) is 5.00. The molecule has 92 valence electrons. The van der Waals surface area contributed by atoms with Crippen molar-refractivity contribution < 1.29 is 0 Å². The number of imidazole rings is 1. The van der Waals surface area contributed by atoms with Crippen molar-refractivity contribution in [3.05, 3.63) is 18.2 Å². The van der Waals surface area contributed by atoms with Gasteiger partial charge in [-0.15, -0.1) is 0 Å². The fourth-order valence-corrected chi connectivity index (χ4v) is 1.97. The molecule has 2 atom stereocenters. The molecular formula is C13H25N3. The highest BCUT2D eigenvalue weighted by atomic mass is 15.1. The summed E-state index contributed by atoms with van der Waals surface area (Å²) in [5, 5.41) is 3.56. The molecule has 1 heterocycles. The van der Waals surface area contributed by atoms with Crippen LogP contribution in [0.15, 0.2) is 12.4 Å². The minimum atomic E-state index is 0.530. The monoisotopic (exact) mass is 223 g/mol. The average molecular weight is 223 g/mol. The Morgan fingerprint density at radius 2 is 2.00 bits per heavy atom. The van der Waals surface area contributed by atoms with Crippen molar-refractivity contribution in [2.24, 2.45) is 5.92 Å². The van der Waals surface area contributed by atoms with Crippen LogP contribution in [0.5, 0.6) is 0 Å². The van der Waals surface area contributed by atoms with Crippen LogP contribution in [0, 0.1) is 5.92 Å². The van der Waals surface area contributed by atoms with Crippen LogP contribution in [0.1, 0.15) is 40.4 Å². The molecule has 2 unspecified atom stereocenters. The van der Waals surface area contributed by atoms with E-state index in [1.54, 1.807) is 0 Å². The molecule has 0 aromatic carbocycles. The summed E-state index contributed by atoms with van der Waals surface area (Å²) >= 11 is 0. The lowest BCUT2D eigenvalue weighted by molar-refractivity contribution is 0.364. The number of nitrogens with one attached hydrogen (secondary N) is 1. The third-order valence-corrected chi connectivity index (χ3v) is 3.10. The second-order valence-electron chi connectivity index (χ2n) is 4.92. The second-order valence-corrected chi connectivity index (χ2v) is 4.92. The minimum absolute atomic E-state index is 0.530. The Morgan fingerprint density at radius 1 is 1.31 bits per heavy atom. The molecule has 1 aromatic rings. The second kappa shape index (κ2) is 6.04. The molecular weight excluding hydrogens is 198 g/mol. The molecule has 0 amide bonds. The summed E-state index contributed by atoms with van der Waals surface area (Å²) in [5.41, 5.74) is 0. The predicted molar refractivity (Wildman–Crippen MR) is 68.5 cm³/mol. The Morgan fingerprint density at radius 3 is 2.56 bits per heavy atom. The molecule has 16 heavy (non-hydrogen) atoms. The van der Waals surface area contributed by atoms with Crippen LogP contribution in [0.4, 0.5) is 0 Å². The smallest absolute Gasteiger partial charge is 0.108 e. The zero-order valence-electron chi connectivity index (χ0n) is 11.2. The topological polar surface area (TPSA) is 29.9 Å². The SMILES string of the molecule is CCn1ccnc1CC(C)C(C)NC(C)C. The summed E-state index contributed by atoms with van der Waals surface area (Å²) < 4.78 is 2.22. The lowest BCUT2D eigenvalue weighted by atomic mass is 9.98. The van der Waals surface area contributed by atoms with Gasteiger partial charge in [-0.05, 0) is 19.8 Å². The van der Waals surface area contributed by atoms with Crippen molar-refractivity contribution in [2.45, 2.75) is 59.7 Å². The maximum Gasteiger partial charge on any atom is 0.108 e. The molecule has 0 aliphatic carbocycles. The maximum absolute atomic E-state index is 4.42. The predicted octanol–water partition coefficient (Wildman–Crippen LogP) is 2.47. The van der Waals surface area contributed by atoms with Crippen LogP contribution in [0.3, 0.4) is 0 Å². The summed E-state index contributed by atoms with van der Waals surface area (Å²) in [5.74, 6) is 1.81. The van der Waals surface area contributed by atoms with Crippen molar-refractivity contribution >= 4 is 0 Å². The molecule has 0 saturated carbocycles. The van der Waals surface area contributed by atoms with Crippen molar-refractivity contribution in [2.75, 3.05) is 0 Å². The molecule has 0 saturated heterocycles. The minimum Gasteiger partial charge on any atom is -0.335 e. The first-order chi connectivity index (χ1) is 7.54. The normalized spacial score (nSPS) is 15.4. The van der Waals surface area contributed by atoms with Gasteiger partial charge < -0.3 is 9.88 Å². The van der Waals surface area contributed by atoms with Gasteiger partial charge in [0.1, 0.15) is 5.82 Å². The Bertz CT molecular complexity index is 304. The molecule has 1 rings (SSSR count). The number of rotatable bonds is 6. The van der Waals surface area contributed by atoms with Gasteiger partial charge >= 0.3 is 0 Å². The number of hydrogen-bond acceptors (Lipinski definition) is 2. The highest BCUT2D eigenvalue weighted by Gasteiger charge is 2.15. The van der Waals surface area contributed by atoms with Gasteiger partial charge in [-0.3, -0.25) is 0 Å². The number of hydrogen-bond donors (Lipinski definition) is 1. The highest BCUT2D eigenvalue weighted by molar-refractivity contribution is 4.94. The quantitative estimate of drug-likeness (QED) is 0.803. The van der Waals surface area contributed by atoms with Crippen molar-refractivity contribution in [3.63, 3.8) is 0 Å². The lowest BCUT2D eigenvalue weighted by Gasteiger charge is -2.23. The van der Waals surface area contributed by atoms with E-state index in [0.717, 1.165) is 13.0 Å². The van der Waals surface area contributed by atoms with Crippen LogP contribution in [0.2, 0.25) is 0 Å². The fraction of sp³-hybridized carbons (Fsp3) is 0.769. The van der Waals surface area contributed by atoms with E-state index in [0.29, 0.717) is 18.0 Å². The van der Waals surface area contributed by atoms with E-state index in [-0.39, 0.29) is 0 Å². The Hall–Kier alpha value is -0.830. The summed E-state index contributed by atoms with van der Waals surface area (Å²) in [6, 6.07) is 1.07. The van der Waals surface area contributed by atoms with E-state index in [1.165, 1.54) is 5.82 Å². The summed E-state index contributed by atoms with van der Waals surface area (Å²) in [6.45, 7) is 12.1. The fourth-order valence-electron chi connectivity index (χ4n) is 1.97. The number of aryl methyl sites for hydroxylation is 1. The van der Waals surface area contributed by atoms with E-state index in [4.69, 9.17) is 0 Å². The molecule has 0 radical (unpaired) electrons. The zero-order chi connectivity index (χ0) is 12.1. The zero-order valence-corrected chi connectivity index (χ0v) is 11.2. The van der Waals surface area contributed by atoms with Gasteiger partial charge in [0.15, 0.2) is 0 Å². The first-order valence-corrected chi connectivity index (χ1v) is 6.30. The first-order valence-electron chi connectivity index (χ1n) is 6.30. The highest BCUT2D eigenvalue weighted by Crippen LogP contribution is 2.11. The summed E-state index contributed by atoms with van der Waals surface area (Å²) in [7, 11) is 0. The van der Waals surface area contributed by atoms with Crippen molar-refractivity contribution in [1.29, 1.82) is 0 Å². The number of aromatic nitrogens is 2. The van der Waals surface area contributed by atoms with E-state index in [1.807, 2.05) is 6.20 Å². The first kappa shape index (κ1) is 13.2. The van der Waals surface area contributed by atoms with Crippen LogP contribution < -0.4 is 5.32 Å². The molecule has 0 bridgehead atoms. The van der Waals surface area contributed by atoms with Gasteiger partial charge in [0.05, 0.1) is 0 Å². The number of nitrogens with zero attached hydrogens (tertiary/aromatic N) is 2. The van der Waals surface area contributed by atoms with Gasteiger partial charge in [0.2, 0.25) is 0 Å². The summed E-state index contributed by atoms with van der Waals surface area (Å²) in [4.78, 5) is 4.42. The lowest BCUT2D eigenvalue weighted by Crippen LogP contribution is -2.38. The standard InChI is InChI=1S/C13H25N3/c1-6-16-8-7-14-13(16)9-11(4)12(5)15-10(2)3/h7-8,10-12,15H,6,9H2,1-5H3. The van der Waals surface area contributed by atoms with Crippen LogP contribution in [0.25, 0.3) is 0 Å². The van der Waals surface area contributed by atoms with Crippen molar-refractivity contribution in [1.82, 2.24) is 14.9 Å². The van der Waals surface area contributed by atoms with E-state index in [9.17, 15) is 0 Å². The Balaban J connectivity index is 2.53. The molecule has 1 aromatic heterocycles. The van der Waals surface area contributed by atoms with Gasteiger partial charge in [-0.25, -0.2) is 4.98 Å². The molecule has 0 fully saturated rings. The maximum atomic E-state index is 4.42. The van der Waals surface area contributed by atoms with Gasteiger partial charge in [-0.1, -0.05) is 20.8 Å². The van der Waals surface area contributed by atoms with E-state index in [2.05, 4.69) is 55.7 Å². The molecule has 3 heteroatoms. The Labute approximate surface area is 99.3 Å². The van der Waals surface area contributed by atoms with Crippen molar-refractivity contribution in [3.8, 4) is 0 Å². The van der Waals surface area contributed by atoms with E-state index < -0.39 is 0 Å². The largest absolute Gasteiger partial charge is 0.335 e. The average Bonchev–Trinajstić information content (AvgIpc) is 2.64. The molecule has 3 nitrogen and oxygen atoms in total. The summed E-state index contributed by atoms with van der Waals surface area (Å²) in [6.07, 6.45) is 5.00. The van der Waals surface area contributed by atoms with Crippen LogP contribution >= 0.6 is 0 Å². The van der Waals surface area contributed by atoms with Gasteiger partial charge in [-0.2, -0.15) is 0 Å². The molecule has 0 spiro atoms. The third-order valence-electron chi connectivity index (χ3n) is 3.10. The molecule has 0 aliphatic rings. The van der Waals surface area contributed by atoms with Gasteiger partial charge in [0, 0.05) is 37.4 Å². The van der Waals surface area contributed by atoms with E-state index >= 15 is 0 Å². The molecule has 1 N–H and O–H groups in total. The molecule has 0 aliphatic heterocycles.